The Morgan fingerprint density at radius 1 is 1.35 bits per heavy atom. The number of benzene rings is 1. The van der Waals surface area contributed by atoms with Crippen molar-refractivity contribution >= 4 is 33.7 Å². The number of fused-ring (bicyclic) bond motifs is 1. The molecule has 2 heterocycles. The first kappa shape index (κ1) is 13.4. The molecule has 0 spiro atoms. The monoisotopic (exact) mass is 383 g/mol. The van der Waals surface area contributed by atoms with E-state index in [0.29, 0.717) is 18.2 Å². The maximum atomic E-state index is 12.0. The van der Waals surface area contributed by atoms with Crippen LogP contribution in [-0.4, -0.2) is 14.3 Å². The molecule has 0 fully saturated rings. The molecule has 0 N–H and O–H groups in total. The van der Waals surface area contributed by atoms with Crippen molar-refractivity contribution in [1.82, 2.24) is 14.3 Å². The van der Waals surface area contributed by atoms with E-state index in [0.717, 1.165) is 14.8 Å². The fraction of sp³-hybridized carbons (Fsp3) is 0.286. The molecule has 0 aliphatic heterocycles. The fourth-order valence-electron chi connectivity index (χ4n) is 2.10. The van der Waals surface area contributed by atoms with Crippen molar-refractivity contribution in [2.45, 2.75) is 26.4 Å². The summed E-state index contributed by atoms with van der Waals surface area (Å²) in [6.45, 7) is 4.56. The van der Waals surface area contributed by atoms with Crippen LogP contribution in [0.2, 0.25) is 0 Å². The standard InChI is InChI=1S/C14H14IN3O2/c1-9(2)18-6-5-11(16-18)8-17-12-7-10(15)3-4-13(12)20-14(17)19/h3-7,9H,8H2,1-2H3. The Morgan fingerprint density at radius 2 is 2.15 bits per heavy atom. The van der Waals surface area contributed by atoms with Crippen molar-refractivity contribution in [3.8, 4) is 0 Å². The van der Waals surface area contributed by atoms with Crippen molar-refractivity contribution in [2.75, 3.05) is 0 Å². The molecule has 0 radical (unpaired) electrons. The highest BCUT2D eigenvalue weighted by atomic mass is 127. The summed E-state index contributed by atoms with van der Waals surface area (Å²) in [6, 6.07) is 7.92. The van der Waals surface area contributed by atoms with E-state index in [4.69, 9.17) is 4.42 Å². The Kier molecular flexibility index (Phi) is 3.41. The van der Waals surface area contributed by atoms with E-state index in [9.17, 15) is 4.79 Å². The molecule has 0 amide bonds. The van der Waals surface area contributed by atoms with E-state index in [1.807, 2.05) is 35.1 Å². The van der Waals surface area contributed by atoms with Crippen LogP contribution in [0.15, 0.2) is 39.7 Å². The van der Waals surface area contributed by atoms with Gasteiger partial charge in [0.1, 0.15) is 0 Å². The van der Waals surface area contributed by atoms with E-state index in [-0.39, 0.29) is 5.76 Å². The van der Waals surface area contributed by atoms with Crippen molar-refractivity contribution in [1.29, 1.82) is 0 Å². The molecule has 3 rings (SSSR count). The zero-order valence-corrected chi connectivity index (χ0v) is 13.4. The Hall–Kier alpha value is -1.57. The summed E-state index contributed by atoms with van der Waals surface area (Å²) in [5, 5.41) is 4.47. The Morgan fingerprint density at radius 3 is 2.85 bits per heavy atom. The number of halogens is 1. The van der Waals surface area contributed by atoms with Gasteiger partial charge in [-0.05, 0) is 60.7 Å². The highest BCUT2D eigenvalue weighted by molar-refractivity contribution is 14.1. The molecule has 0 unspecified atom stereocenters. The zero-order chi connectivity index (χ0) is 14.3. The molecule has 0 saturated heterocycles. The first-order valence-corrected chi connectivity index (χ1v) is 7.45. The second kappa shape index (κ2) is 5.08. The molecule has 1 aromatic carbocycles. The van der Waals surface area contributed by atoms with Gasteiger partial charge in [-0.15, -0.1) is 0 Å². The lowest BCUT2D eigenvalue weighted by atomic mass is 10.3. The lowest BCUT2D eigenvalue weighted by molar-refractivity contribution is 0.504. The summed E-state index contributed by atoms with van der Waals surface area (Å²) < 4.78 is 9.81. The molecule has 3 aromatic rings. The minimum atomic E-state index is -0.346. The Bertz CT molecular complexity index is 813. The average molecular weight is 383 g/mol. The first-order chi connectivity index (χ1) is 9.54. The van der Waals surface area contributed by atoms with Crippen LogP contribution in [0.1, 0.15) is 25.6 Å². The number of nitrogens with zero attached hydrogens (tertiary/aromatic N) is 3. The highest BCUT2D eigenvalue weighted by Crippen LogP contribution is 2.17. The lowest BCUT2D eigenvalue weighted by Gasteiger charge is -2.04. The van der Waals surface area contributed by atoms with Gasteiger partial charge in [0.25, 0.3) is 0 Å². The van der Waals surface area contributed by atoms with Crippen molar-refractivity contribution in [3.63, 3.8) is 0 Å². The van der Waals surface area contributed by atoms with Crippen molar-refractivity contribution in [2.24, 2.45) is 0 Å². The van der Waals surface area contributed by atoms with Gasteiger partial charge in [-0.2, -0.15) is 5.10 Å². The van der Waals surface area contributed by atoms with Gasteiger partial charge in [0.05, 0.1) is 17.8 Å². The maximum absolute atomic E-state index is 12.0. The van der Waals surface area contributed by atoms with E-state index in [1.165, 1.54) is 0 Å². The van der Waals surface area contributed by atoms with Gasteiger partial charge in [-0.1, -0.05) is 0 Å². The minimum absolute atomic E-state index is 0.308. The molecule has 20 heavy (non-hydrogen) atoms. The van der Waals surface area contributed by atoms with Gasteiger partial charge in [0.2, 0.25) is 0 Å². The summed E-state index contributed by atoms with van der Waals surface area (Å²) in [5.41, 5.74) is 2.27. The third-order valence-corrected chi connectivity index (χ3v) is 3.81. The molecule has 104 valence electrons. The Balaban J connectivity index is 2.03. The smallest absolute Gasteiger partial charge is 0.408 e. The van der Waals surface area contributed by atoms with Crippen LogP contribution in [0.3, 0.4) is 0 Å². The maximum Gasteiger partial charge on any atom is 0.420 e. The molecule has 0 atom stereocenters. The lowest BCUT2D eigenvalue weighted by Crippen LogP contribution is -2.15. The van der Waals surface area contributed by atoms with Crippen molar-refractivity contribution in [3.05, 3.63) is 50.3 Å². The fourth-order valence-corrected chi connectivity index (χ4v) is 2.57. The van der Waals surface area contributed by atoms with Crippen LogP contribution < -0.4 is 5.76 Å². The van der Waals surface area contributed by atoms with Gasteiger partial charge in [-0.3, -0.25) is 9.25 Å². The van der Waals surface area contributed by atoms with Crippen molar-refractivity contribution < 1.29 is 4.42 Å². The zero-order valence-electron chi connectivity index (χ0n) is 11.2. The second-order valence-electron chi connectivity index (χ2n) is 4.95. The summed E-state index contributed by atoms with van der Waals surface area (Å²) in [7, 11) is 0. The third kappa shape index (κ3) is 2.39. The molecule has 0 saturated carbocycles. The van der Waals surface area contributed by atoms with Gasteiger partial charge in [-0.25, -0.2) is 4.79 Å². The van der Waals surface area contributed by atoms with Crippen LogP contribution in [0.25, 0.3) is 11.1 Å². The average Bonchev–Trinajstić information content (AvgIpc) is 2.97. The number of aromatic nitrogens is 3. The van der Waals surface area contributed by atoms with Crippen LogP contribution in [0.4, 0.5) is 0 Å². The molecular formula is C14H14IN3O2. The molecule has 0 aliphatic rings. The van der Waals surface area contributed by atoms with Crippen LogP contribution in [-0.2, 0) is 6.54 Å². The number of hydrogen-bond donors (Lipinski definition) is 0. The molecule has 6 heteroatoms. The van der Waals surface area contributed by atoms with Crippen LogP contribution >= 0.6 is 22.6 Å². The SMILES string of the molecule is CC(C)n1ccc(Cn2c(=O)oc3ccc(I)cc32)n1. The largest absolute Gasteiger partial charge is 0.420 e. The summed E-state index contributed by atoms with van der Waals surface area (Å²) >= 11 is 2.22. The molecular weight excluding hydrogens is 369 g/mol. The van der Waals surface area contributed by atoms with E-state index in [2.05, 4.69) is 41.5 Å². The van der Waals surface area contributed by atoms with Crippen LogP contribution in [0.5, 0.6) is 0 Å². The summed E-state index contributed by atoms with van der Waals surface area (Å²) in [6.07, 6.45) is 1.93. The molecule has 0 aliphatic carbocycles. The summed E-state index contributed by atoms with van der Waals surface area (Å²) in [4.78, 5) is 12.0. The number of oxazole rings is 1. The third-order valence-electron chi connectivity index (χ3n) is 3.14. The van der Waals surface area contributed by atoms with Gasteiger partial charge >= 0.3 is 5.76 Å². The molecule has 2 aromatic heterocycles. The quantitative estimate of drug-likeness (QED) is 0.654. The molecule has 5 nitrogen and oxygen atoms in total. The van der Waals surface area contributed by atoms with Gasteiger partial charge in [0.15, 0.2) is 5.58 Å². The predicted octanol–water partition coefficient (Wildman–Crippen LogP) is 3.02. The van der Waals surface area contributed by atoms with E-state index in [1.54, 1.807) is 4.57 Å². The van der Waals surface area contributed by atoms with E-state index < -0.39 is 0 Å². The van der Waals surface area contributed by atoms with Gasteiger partial charge in [0, 0.05) is 15.8 Å². The van der Waals surface area contributed by atoms with Crippen LogP contribution in [0, 0.1) is 3.57 Å². The second-order valence-corrected chi connectivity index (χ2v) is 6.19. The highest BCUT2D eigenvalue weighted by Gasteiger charge is 2.11. The number of rotatable bonds is 3. The number of hydrogen-bond acceptors (Lipinski definition) is 3. The minimum Gasteiger partial charge on any atom is -0.408 e. The van der Waals surface area contributed by atoms with Gasteiger partial charge < -0.3 is 4.42 Å². The topological polar surface area (TPSA) is 53.0 Å². The summed E-state index contributed by atoms with van der Waals surface area (Å²) in [5.74, 6) is -0.346. The van der Waals surface area contributed by atoms with E-state index >= 15 is 0 Å². The molecule has 0 bridgehead atoms. The first-order valence-electron chi connectivity index (χ1n) is 6.37. The normalized spacial score (nSPS) is 11.6. The Labute approximate surface area is 129 Å². The predicted molar refractivity (Wildman–Crippen MR) is 84.9 cm³/mol.